The maximum absolute atomic E-state index is 13.8. The second kappa shape index (κ2) is 13.4. The van der Waals surface area contributed by atoms with E-state index in [4.69, 9.17) is 4.98 Å². The van der Waals surface area contributed by atoms with Crippen LogP contribution in [0.25, 0.3) is 32.6 Å². The summed E-state index contributed by atoms with van der Waals surface area (Å²) in [5, 5.41) is 20.7. The lowest BCUT2D eigenvalue weighted by atomic mass is 9.90. The lowest BCUT2D eigenvalue weighted by Gasteiger charge is -2.37. The summed E-state index contributed by atoms with van der Waals surface area (Å²) in [6.45, 7) is 0.454. The number of amides is 2. The van der Waals surface area contributed by atoms with Gasteiger partial charge < -0.3 is 10.6 Å². The summed E-state index contributed by atoms with van der Waals surface area (Å²) in [5.74, 6) is 0.496. The third-order valence-electron chi connectivity index (χ3n) is 8.60. The van der Waals surface area contributed by atoms with Crippen molar-refractivity contribution in [1.29, 1.82) is 5.26 Å². The standard InChI is InChI=1S/C36H33N9OS/c1-44-22-28(21-41-44)25-7-12-30(13-8-25)45(36(46)39-19-24-5-3-2-4-6-24)31-14-10-29(11-15-31)42-35-38-20-27(18-37)34(43-35)26-9-16-32-33(17-26)47-23-40-32/h2-9,12-13,16-17,20-23,29,31H,10-11,14-15,19H2,1H3,(H,39,46)(H,38,42,43)/t29-,31-. The van der Waals surface area contributed by atoms with Crippen LogP contribution >= 0.6 is 11.3 Å². The van der Waals surface area contributed by atoms with E-state index in [9.17, 15) is 10.1 Å². The number of urea groups is 1. The molecule has 234 valence electrons. The Morgan fingerprint density at radius 2 is 1.77 bits per heavy atom. The molecule has 1 saturated carbocycles. The quantitative estimate of drug-likeness (QED) is 0.181. The molecule has 0 saturated heterocycles. The van der Waals surface area contributed by atoms with E-state index in [1.807, 2.05) is 103 Å². The van der Waals surface area contributed by atoms with E-state index in [-0.39, 0.29) is 18.1 Å². The van der Waals surface area contributed by atoms with Crippen LogP contribution in [0.3, 0.4) is 0 Å². The van der Waals surface area contributed by atoms with Crippen LogP contribution < -0.4 is 15.5 Å². The number of carbonyl (C=O) groups excluding carboxylic acids is 1. The average molecular weight is 640 g/mol. The number of aromatic nitrogens is 5. The van der Waals surface area contributed by atoms with Crippen LogP contribution in [0.15, 0.2) is 96.9 Å². The van der Waals surface area contributed by atoms with Crippen molar-refractivity contribution >= 4 is 39.2 Å². The summed E-state index contributed by atoms with van der Waals surface area (Å²) in [5.41, 5.74) is 8.62. The Balaban J connectivity index is 1.07. The highest BCUT2D eigenvalue weighted by Crippen LogP contribution is 2.32. The van der Waals surface area contributed by atoms with Crippen molar-refractivity contribution in [3.63, 3.8) is 0 Å². The third-order valence-corrected chi connectivity index (χ3v) is 9.39. The first-order chi connectivity index (χ1) is 23.0. The molecule has 0 spiro atoms. The van der Waals surface area contributed by atoms with Crippen molar-refractivity contribution in [2.75, 3.05) is 10.2 Å². The Bertz CT molecular complexity index is 2040. The van der Waals surface area contributed by atoms with E-state index in [1.165, 1.54) is 0 Å². The highest BCUT2D eigenvalue weighted by molar-refractivity contribution is 7.16. The topological polar surface area (TPSA) is 125 Å². The van der Waals surface area contributed by atoms with Crippen molar-refractivity contribution < 1.29 is 4.79 Å². The number of benzene rings is 3. The zero-order valence-corrected chi connectivity index (χ0v) is 26.7. The minimum atomic E-state index is -0.114. The molecule has 10 nitrogen and oxygen atoms in total. The van der Waals surface area contributed by atoms with E-state index in [0.29, 0.717) is 23.8 Å². The lowest BCUT2D eigenvalue weighted by Crippen LogP contribution is -2.48. The molecule has 3 aromatic carbocycles. The Morgan fingerprint density at radius 1 is 0.979 bits per heavy atom. The SMILES string of the molecule is Cn1cc(-c2ccc(N(C(=O)NCc3ccccc3)[C@H]3CC[C@H](Nc4ncc(C#N)c(-c5ccc6ncsc6c5)n4)CC3)cc2)cn1. The molecule has 1 aliphatic carbocycles. The van der Waals surface area contributed by atoms with Crippen LogP contribution in [0.2, 0.25) is 0 Å². The van der Waals surface area contributed by atoms with Gasteiger partial charge in [0.1, 0.15) is 6.07 Å². The van der Waals surface area contributed by atoms with E-state index in [1.54, 1.807) is 22.2 Å². The zero-order valence-electron chi connectivity index (χ0n) is 25.9. The van der Waals surface area contributed by atoms with Crippen molar-refractivity contribution in [3.05, 3.63) is 108 Å². The number of anilines is 2. The number of nitrogens with zero attached hydrogens (tertiary/aromatic N) is 7. The Hall–Kier alpha value is -5.60. The summed E-state index contributed by atoms with van der Waals surface area (Å²) < 4.78 is 2.83. The van der Waals surface area contributed by atoms with E-state index in [0.717, 1.165) is 63.8 Å². The molecule has 7 rings (SSSR count). The predicted molar refractivity (Wildman–Crippen MR) is 185 cm³/mol. The van der Waals surface area contributed by atoms with Gasteiger partial charge in [-0.25, -0.2) is 19.7 Å². The number of thiazole rings is 1. The van der Waals surface area contributed by atoms with Crippen molar-refractivity contribution in [1.82, 2.24) is 30.0 Å². The Morgan fingerprint density at radius 3 is 2.51 bits per heavy atom. The van der Waals surface area contributed by atoms with Crippen LogP contribution in [0.1, 0.15) is 36.8 Å². The van der Waals surface area contributed by atoms with Gasteiger partial charge in [0, 0.05) is 48.7 Å². The molecule has 0 aliphatic heterocycles. The summed E-state index contributed by atoms with van der Waals surface area (Å²) in [6.07, 6.45) is 8.71. The van der Waals surface area contributed by atoms with Crippen LogP contribution in [-0.2, 0) is 13.6 Å². The molecule has 11 heteroatoms. The smallest absolute Gasteiger partial charge is 0.322 e. The average Bonchev–Trinajstić information content (AvgIpc) is 3.77. The van der Waals surface area contributed by atoms with Crippen molar-refractivity contribution in [3.8, 4) is 28.5 Å². The van der Waals surface area contributed by atoms with Gasteiger partial charge in [-0.05, 0) is 61.1 Å². The monoisotopic (exact) mass is 639 g/mol. The first kappa shape index (κ1) is 30.1. The molecule has 2 amide bonds. The predicted octanol–water partition coefficient (Wildman–Crippen LogP) is 7.16. The van der Waals surface area contributed by atoms with Crippen LogP contribution in [-0.4, -0.2) is 42.8 Å². The van der Waals surface area contributed by atoms with Gasteiger partial charge in [0.2, 0.25) is 5.95 Å². The fraction of sp³-hybridized carbons (Fsp3) is 0.222. The first-order valence-corrected chi connectivity index (χ1v) is 16.5. The van der Waals surface area contributed by atoms with Gasteiger partial charge in [-0.2, -0.15) is 10.4 Å². The van der Waals surface area contributed by atoms with Crippen LogP contribution in [0.4, 0.5) is 16.4 Å². The number of hydrogen-bond acceptors (Lipinski definition) is 8. The normalized spacial score (nSPS) is 16.0. The van der Waals surface area contributed by atoms with E-state index >= 15 is 0 Å². The molecule has 1 fully saturated rings. The number of nitrogens with one attached hydrogen (secondary N) is 2. The second-order valence-electron chi connectivity index (χ2n) is 11.7. The number of fused-ring (bicyclic) bond motifs is 1. The van der Waals surface area contributed by atoms with Gasteiger partial charge in [0.15, 0.2) is 0 Å². The molecule has 0 radical (unpaired) electrons. The van der Waals surface area contributed by atoms with Gasteiger partial charge >= 0.3 is 6.03 Å². The third kappa shape index (κ3) is 6.68. The molecule has 3 aromatic heterocycles. The Labute approximate surface area is 276 Å². The highest BCUT2D eigenvalue weighted by atomic mass is 32.1. The van der Waals surface area contributed by atoms with Gasteiger partial charge in [-0.15, -0.1) is 11.3 Å². The maximum Gasteiger partial charge on any atom is 0.322 e. The number of rotatable bonds is 8. The molecular weight excluding hydrogens is 607 g/mol. The lowest BCUT2D eigenvalue weighted by molar-refractivity contribution is 0.240. The van der Waals surface area contributed by atoms with E-state index < -0.39 is 0 Å². The first-order valence-electron chi connectivity index (χ1n) is 15.6. The maximum atomic E-state index is 13.8. The van der Waals surface area contributed by atoms with Gasteiger partial charge in [-0.3, -0.25) is 9.58 Å². The molecule has 0 unspecified atom stereocenters. The number of nitriles is 1. The molecule has 1 aliphatic rings. The molecule has 47 heavy (non-hydrogen) atoms. The van der Waals surface area contributed by atoms with Crippen LogP contribution in [0, 0.1) is 11.3 Å². The van der Waals surface area contributed by atoms with Gasteiger partial charge in [-0.1, -0.05) is 48.5 Å². The molecule has 3 heterocycles. The summed E-state index contributed by atoms with van der Waals surface area (Å²) in [7, 11) is 1.90. The number of aryl methyl sites for hydroxylation is 1. The summed E-state index contributed by atoms with van der Waals surface area (Å²) in [4.78, 5) is 29.3. The fourth-order valence-corrected chi connectivity index (χ4v) is 6.87. The largest absolute Gasteiger partial charge is 0.351 e. The molecular formula is C36H33N9OS. The number of hydrogen-bond donors (Lipinski definition) is 2. The van der Waals surface area contributed by atoms with Gasteiger partial charge in [0.05, 0.1) is 39.4 Å². The second-order valence-corrected chi connectivity index (χ2v) is 12.6. The van der Waals surface area contributed by atoms with Crippen LogP contribution in [0.5, 0.6) is 0 Å². The van der Waals surface area contributed by atoms with Gasteiger partial charge in [0.25, 0.3) is 0 Å². The molecule has 2 N–H and O–H groups in total. The van der Waals surface area contributed by atoms with Crippen molar-refractivity contribution in [2.45, 2.75) is 44.3 Å². The summed E-state index contributed by atoms with van der Waals surface area (Å²) >= 11 is 1.56. The minimum Gasteiger partial charge on any atom is -0.351 e. The molecule has 0 atom stereocenters. The number of carbonyl (C=O) groups is 1. The summed E-state index contributed by atoms with van der Waals surface area (Å²) in [6, 6.07) is 26.3. The zero-order chi connectivity index (χ0) is 32.2. The Kier molecular flexibility index (Phi) is 8.58. The molecule has 6 aromatic rings. The van der Waals surface area contributed by atoms with Crippen molar-refractivity contribution in [2.24, 2.45) is 7.05 Å². The highest BCUT2D eigenvalue weighted by Gasteiger charge is 2.30. The fourth-order valence-electron chi connectivity index (χ4n) is 6.15. The van der Waals surface area contributed by atoms with E-state index in [2.05, 4.69) is 31.8 Å². The molecule has 0 bridgehead atoms. The minimum absolute atomic E-state index is 0.0247.